The lowest BCUT2D eigenvalue weighted by Gasteiger charge is -2.38. The molecule has 3 heteroatoms. The highest BCUT2D eigenvalue weighted by Crippen LogP contribution is 2.34. The van der Waals surface area contributed by atoms with Gasteiger partial charge in [0.05, 0.1) is 17.6 Å². The first-order valence-corrected chi connectivity index (χ1v) is 6.25. The zero-order valence-electron chi connectivity index (χ0n) is 11.6. The Labute approximate surface area is 109 Å². The number of benzene rings is 1. The fourth-order valence-corrected chi connectivity index (χ4v) is 1.75. The third-order valence-corrected chi connectivity index (χ3v) is 3.52. The monoisotopic (exact) mass is 250 g/mol. The molecule has 100 valence electrons. The highest BCUT2D eigenvalue weighted by molar-refractivity contribution is 5.77. The number of ether oxygens (including phenoxy) is 1. The van der Waals surface area contributed by atoms with E-state index in [2.05, 4.69) is 0 Å². The molecule has 0 fully saturated rings. The van der Waals surface area contributed by atoms with Crippen LogP contribution in [0.3, 0.4) is 0 Å². The zero-order chi connectivity index (χ0) is 13.8. The predicted molar refractivity (Wildman–Crippen MR) is 71.2 cm³/mol. The molecule has 3 nitrogen and oxygen atoms in total. The van der Waals surface area contributed by atoms with Crippen molar-refractivity contribution < 1.29 is 14.6 Å². The predicted octanol–water partition coefficient (Wildman–Crippen LogP) is 2.57. The number of aliphatic hydroxyl groups is 1. The van der Waals surface area contributed by atoms with Crippen molar-refractivity contribution in [2.75, 3.05) is 6.61 Å². The van der Waals surface area contributed by atoms with Crippen LogP contribution in [0.5, 0.6) is 0 Å². The highest BCUT2D eigenvalue weighted by atomic mass is 16.5. The molecule has 1 atom stereocenters. The van der Waals surface area contributed by atoms with Gasteiger partial charge in [-0.25, -0.2) is 0 Å². The lowest BCUT2D eigenvalue weighted by Crippen LogP contribution is -2.49. The topological polar surface area (TPSA) is 46.5 Å². The number of carbonyl (C=O) groups is 1. The Morgan fingerprint density at radius 2 is 1.78 bits per heavy atom. The Morgan fingerprint density at radius 1 is 1.22 bits per heavy atom. The Balaban J connectivity index is 2.88. The number of carbonyl (C=O) groups excluding carboxylic acids is 1. The van der Waals surface area contributed by atoms with Gasteiger partial charge in [0.2, 0.25) is 0 Å². The summed E-state index contributed by atoms with van der Waals surface area (Å²) in [7, 11) is 0. The molecule has 0 spiro atoms. The zero-order valence-corrected chi connectivity index (χ0v) is 11.6. The average molecular weight is 250 g/mol. The van der Waals surface area contributed by atoms with Crippen molar-refractivity contribution in [2.24, 2.45) is 5.41 Å². The van der Waals surface area contributed by atoms with Crippen molar-refractivity contribution in [1.82, 2.24) is 0 Å². The second-order valence-corrected chi connectivity index (χ2v) is 5.28. The van der Waals surface area contributed by atoms with Gasteiger partial charge >= 0.3 is 5.97 Å². The quantitative estimate of drug-likeness (QED) is 0.817. The summed E-state index contributed by atoms with van der Waals surface area (Å²) in [5, 5.41) is 10.6. The molecule has 1 N–H and O–H groups in total. The van der Waals surface area contributed by atoms with E-state index in [9.17, 15) is 9.90 Å². The van der Waals surface area contributed by atoms with E-state index < -0.39 is 11.0 Å². The van der Waals surface area contributed by atoms with Crippen LogP contribution in [-0.2, 0) is 16.0 Å². The molecule has 0 radical (unpaired) electrons. The molecule has 0 aliphatic heterocycles. The summed E-state index contributed by atoms with van der Waals surface area (Å²) in [6.45, 7) is 7.20. The van der Waals surface area contributed by atoms with E-state index in [1.54, 1.807) is 27.7 Å². The largest absolute Gasteiger partial charge is 0.465 e. The van der Waals surface area contributed by atoms with Gasteiger partial charge in [0.1, 0.15) is 0 Å². The minimum absolute atomic E-state index is 0.323. The Morgan fingerprint density at radius 3 is 2.28 bits per heavy atom. The number of hydrogen-bond acceptors (Lipinski definition) is 3. The van der Waals surface area contributed by atoms with Crippen molar-refractivity contribution >= 4 is 5.97 Å². The van der Waals surface area contributed by atoms with Gasteiger partial charge in [-0.3, -0.25) is 4.79 Å². The molecular weight excluding hydrogens is 228 g/mol. The van der Waals surface area contributed by atoms with Crippen LogP contribution in [0.25, 0.3) is 0 Å². The third kappa shape index (κ3) is 3.10. The average Bonchev–Trinajstić information content (AvgIpc) is 2.29. The summed E-state index contributed by atoms with van der Waals surface area (Å²) in [4.78, 5) is 11.9. The molecule has 18 heavy (non-hydrogen) atoms. The lowest BCUT2D eigenvalue weighted by molar-refractivity contribution is -0.168. The van der Waals surface area contributed by atoms with Gasteiger partial charge in [-0.2, -0.15) is 0 Å². The first-order chi connectivity index (χ1) is 8.31. The van der Waals surface area contributed by atoms with Crippen molar-refractivity contribution in [1.29, 1.82) is 0 Å². The number of rotatable bonds is 5. The fraction of sp³-hybridized carbons (Fsp3) is 0.533. The summed E-state index contributed by atoms with van der Waals surface area (Å²) >= 11 is 0. The number of esters is 1. The Kier molecular flexibility index (Phi) is 4.52. The molecule has 0 aliphatic rings. The maximum atomic E-state index is 11.9. The second-order valence-electron chi connectivity index (χ2n) is 5.28. The van der Waals surface area contributed by atoms with E-state index in [0.29, 0.717) is 13.0 Å². The van der Waals surface area contributed by atoms with E-state index in [1.165, 1.54) is 0 Å². The minimum atomic E-state index is -1.15. The Hall–Kier alpha value is -1.35. The smallest absolute Gasteiger partial charge is 0.314 e. The van der Waals surface area contributed by atoms with Crippen LogP contribution >= 0.6 is 0 Å². The molecule has 0 saturated heterocycles. The first-order valence-electron chi connectivity index (χ1n) is 6.25. The normalized spacial score (nSPS) is 14.9. The van der Waals surface area contributed by atoms with Crippen molar-refractivity contribution in [3.63, 3.8) is 0 Å². The molecule has 1 rings (SSSR count). The summed E-state index contributed by atoms with van der Waals surface area (Å²) < 4.78 is 5.03. The summed E-state index contributed by atoms with van der Waals surface area (Å²) in [5.74, 6) is -0.370. The Bertz CT molecular complexity index is 393. The van der Waals surface area contributed by atoms with E-state index in [4.69, 9.17) is 4.74 Å². The van der Waals surface area contributed by atoms with Gasteiger partial charge in [-0.1, -0.05) is 30.3 Å². The summed E-state index contributed by atoms with van der Waals surface area (Å²) in [5.41, 5.74) is -1.10. The molecule has 1 aromatic rings. The van der Waals surface area contributed by atoms with Gasteiger partial charge in [-0.15, -0.1) is 0 Å². The third-order valence-electron chi connectivity index (χ3n) is 3.52. The number of hydrogen-bond donors (Lipinski definition) is 1. The van der Waals surface area contributed by atoms with Gasteiger partial charge in [0.25, 0.3) is 0 Å². The van der Waals surface area contributed by atoms with E-state index in [1.807, 2.05) is 30.3 Å². The summed E-state index contributed by atoms with van der Waals surface area (Å²) in [6.07, 6.45) is 0.416. The maximum absolute atomic E-state index is 11.9. The molecule has 0 aromatic heterocycles. The second kappa shape index (κ2) is 5.53. The first kappa shape index (κ1) is 14.7. The molecule has 0 amide bonds. The molecular formula is C15H22O3. The molecule has 0 unspecified atom stereocenters. The van der Waals surface area contributed by atoms with Crippen LogP contribution in [0, 0.1) is 5.41 Å². The van der Waals surface area contributed by atoms with E-state index in [-0.39, 0.29) is 5.97 Å². The van der Waals surface area contributed by atoms with Crippen LogP contribution in [0.15, 0.2) is 30.3 Å². The molecule has 0 aliphatic carbocycles. The minimum Gasteiger partial charge on any atom is -0.465 e. The van der Waals surface area contributed by atoms with Crippen LogP contribution in [0.2, 0.25) is 0 Å². The standard InChI is InChI=1S/C15H22O3/c1-5-18-13(16)14(2,3)15(4,17)11-12-9-7-6-8-10-12/h6-10,17H,5,11H2,1-4H3/t15-/m1/s1. The molecule has 0 bridgehead atoms. The highest BCUT2D eigenvalue weighted by Gasteiger charge is 2.46. The van der Waals surface area contributed by atoms with Gasteiger partial charge in [-0.05, 0) is 33.3 Å². The molecule has 1 aromatic carbocycles. The van der Waals surface area contributed by atoms with Crippen LogP contribution < -0.4 is 0 Å². The van der Waals surface area contributed by atoms with E-state index >= 15 is 0 Å². The van der Waals surface area contributed by atoms with Crippen molar-refractivity contribution in [3.05, 3.63) is 35.9 Å². The maximum Gasteiger partial charge on any atom is 0.314 e. The van der Waals surface area contributed by atoms with Crippen molar-refractivity contribution in [2.45, 2.75) is 39.7 Å². The summed E-state index contributed by atoms with van der Waals surface area (Å²) in [6, 6.07) is 9.64. The van der Waals surface area contributed by atoms with Gasteiger partial charge < -0.3 is 9.84 Å². The van der Waals surface area contributed by atoms with Crippen LogP contribution in [-0.4, -0.2) is 23.3 Å². The van der Waals surface area contributed by atoms with Gasteiger partial charge in [0, 0.05) is 6.42 Å². The van der Waals surface area contributed by atoms with E-state index in [0.717, 1.165) is 5.56 Å². The van der Waals surface area contributed by atoms with Crippen molar-refractivity contribution in [3.8, 4) is 0 Å². The molecule has 0 saturated carbocycles. The SMILES string of the molecule is CCOC(=O)C(C)(C)[C@](C)(O)Cc1ccccc1. The fourth-order valence-electron chi connectivity index (χ4n) is 1.75. The lowest BCUT2D eigenvalue weighted by atomic mass is 9.73. The van der Waals surface area contributed by atoms with Crippen LogP contribution in [0.1, 0.15) is 33.3 Å². The van der Waals surface area contributed by atoms with Gasteiger partial charge in [0.15, 0.2) is 0 Å². The van der Waals surface area contributed by atoms with Crippen LogP contribution in [0.4, 0.5) is 0 Å². The molecule has 0 heterocycles.